The van der Waals surface area contributed by atoms with Crippen LogP contribution >= 0.6 is 0 Å². The molecule has 4 heteroatoms. The van der Waals surface area contributed by atoms with E-state index in [1.165, 1.54) is 25.9 Å². The number of rotatable bonds is 4. The fourth-order valence-electron chi connectivity index (χ4n) is 2.96. The Labute approximate surface area is 111 Å². The quantitative estimate of drug-likeness (QED) is 0.816. The highest BCUT2D eigenvalue weighted by atomic mass is 16.2. The molecule has 2 aliphatic rings. The van der Waals surface area contributed by atoms with Gasteiger partial charge in [0.25, 0.3) is 0 Å². The zero-order chi connectivity index (χ0) is 13.1. The van der Waals surface area contributed by atoms with Gasteiger partial charge in [-0.1, -0.05) is 20.3 Å². The number of hydrogen-bond donors (Lipinski definition) is 1. The Kier molecular flexibility index (Phi) is 4.62. The molecule has 2 fully saturated rings. The molecule has 104 valence electrons. The maximum absolute atomic E-state index is 12.3. The van der Waals surface area contributed by atoms with Crippen LogP contribution in [-0.4, -0.2) is 55.1 Å². The number of carbonyl (C=O) groups is 1. The van der Waals surface area contributed by atoms with Crippen molar-refractivity contribution in [2.45, 2.75) is 39.2 Å². The Balaban J connectivity index is 1.82. The first-order chi connectivity index (χ1) is 8.61. The van der Waals surface area contributed by atoms with Crippen LogP contribution in [0.5, 0.6) is 0 Å². The number of likely N-dealkylation sites (tertiary alicyclic amines) is 1. The average molecular weight is 253 g/mol. The van der Waals surface area contributed by atoms with E-state index >= 15 is 0 Å². The predicted molar refractivity (Wildman–Crippen MR) is 73.2 cm³/mol. The fraction of sp³-hybridized carbons (Fsp3) is 0.929. The first-order valence-electron chi connectivity index (χ1n) is 7.32. The maximum atomic E-state index is 12.3. The van der Waals surface area contributed by atoms with Crippen molar-refractivity contribution in [3.63, 3.8) is 0 Å². The summed E-state index contributed by atoms with van der Waals surface area (Å²) < 4.78 is 0. The molecule has 2 heterocycles. The molecule has 0 radical (unpaired) electrons. The van der Waals surface area contributed by atoms with Gasteiger partial charge < -0.3 is 9.80 Å². The van der Waals surface area contributed by atoms with Gasteiger partial charge in [0, 0.05) is 6.54 Å². The molecule has 2 unspecified atom stereocenters. The summed E-state index contributed by atoms with van der Waals surface area (Å²) in [6, 6.07) is 0.0567. The normalized spacial score (nSPS) is 28.9. The summed E-state index contributed by atoms with van der Waals surface area (Å²) in [7, 11) is 2.18. The van der Waals surface area contributed by atoms with Crippen LogP contribution in [0.4, 0.5) is 0 Å². The first kappa shape index (κ1) is 13.8. The average Bonchev–Trinajstić information content (AvgIpc) is 2.73. The second-order valence-electron chi connectivity index (χ2n) is 6.03. The van der Waals surface area contributed by atoms with Gasteiger partial charge in [0.15, 0.2) is 0 Å². The van der Waals surface area contributed by atoms with Crippen LogP contribution in [-0.2, 0) is 4.79 Å². The van der Waals surface area contributed by atoms with Gasteiger partial charge in [0.1, 0.15) is 0 Å². The fourth-order valence-corrected chi connectivity index (χ4v) is 2.96. The summed E-state index contributed by atoms with van der Waals surface area (Å²) in [6.45, 7) is 8.37. The standard InChI is InChI=1S/C14H27N3O/c1-4-11(2)13-14(18)17(10-15-13)9-12-5-7-16(3)8-6-12/h11-13,15H,4-10H2,1-3H3. The van der Waals surface area contributed by atoms with Crippen LogP contribution in [0.25, 0.3) is 0 Å². The third-order valence-corrected chi connectivity index (χ3v) is 4.61. The number of hydrogen-bond acceptors (Lipinski definition) is 3. The van der Waals surface area contributed by atoms with Crippen LogP contribution in [0.2, 0.25) is 0 Å². The highest BCUT2D eigenvalue weighted by molar-refractivity contribution is 5.84. The first-order valence-corrected chi connectivity index (χ1v) is 7.32. The summed E-state index contributed by atoms with van der Waals surface area (Å²) in [5, 5.41) is 3.37. The third-order valence-electron chi connectivity index (χ3n) is 4.61. The molecule has 0 saturated carbocycles. The van der Waals surface area contributed by atoms with Crippen LogP contribution in [0.15, 0.2) is 0 Å². The lowest BCUT2D eigenvalue weighted by Crippen LogP contribution is -2.39. The summed E-state index contributed by atoms with van der Waals surface area (Å²) >= 11 is 0. The number of nitrogens with zero attached hydrogens (tertiary/aromatic N) is 2. The van der Waals surface area contributed by atoms with Crippen LogP contribution < -0.4 is 5.32 Å². The van der Waals surface area contributed by atoms with E-state index in [0.29, 0.717) is 17.7 Å². The van der Waals surface area contributed by atoms with Gasteiger partial charge in [-0.2, -0.15) is 0 Å². The summed E-state index contributed by atoms with van der Waals surface area (Å²) in [5.41, 5.74) is 0. The highest BCUT2D eigenvalue weighted by Crippen LogP contribution is 2.21. The van der Waals surface area contributed by atoms with E-state index in [0.717, 1.165) is 19.6 Å². The minimum absolute atomic E-state index is 0.0567. The van der Waals surface area contributed by atoms with Crippen molar-refractivity contribution in [2.24, 2.45) is 11.8 Å². The minimum Gasteiger partial charge on any atom is -0.328 e. The van der Waals surface area contributed by atoms with Crippen molar-refractivity contribution >= 4 is 5.91 Å². The lowest BCUT2D eigenvalue weighted by molar-refractivity contribution is -0.130. The van der Waals surface area contributed by atoms with Crippen molar-refractivity contribution < 1.29 is 4.79 Å². The van der Waals surface area contributed by atoms with Crippen LogP contribution in [0.3, 0.4) is 0 Å². The molecule has 2 aliphatic heterocycles. The number of nitrogens with one attached hydrogen (secondary N) is 1. The van der Waals surface area contributed by atoms with Gasteiger partial charge in [0.2, 0.25) is 5.91 Å². The Morgan fingerprint density at radius 1 is 1.39 bits per heavy atom. The highest BCUT2D eigenvalue weighted by Gasteiger charge is 2.35. The van der Waals surface area contributed by atoms with Gasteiger partial charge in [-0.15, -0.1) is 0 Å². The molecule has 1 amide bonds. The topological polar surface area (TPSA) is 35.6 Å². The largest absolute Gasteiger partial charge is 0.328 e. The zero-order valence-corrected chi connectivity index (χ0v) is 12.0. The van der Waals surface area contributed by atoms with E-state index in [1.807, 2.05) is 4.90 Å². The molecule has 1 N–H and O–H groups in total. The lowest BCUT2D eigenvalue weighted by atomic mass is 9.96. The lowest BCUT2D eigenvalue weighted by Gasteiger charge is -2.31. The van der Waals surface area contributed by atoms with Crippen molar-refractivity contribution in [3.8, 4) is 0 Å². The Morgan fingerprint density at radius 3 is 2.67 bits per heavy atom. The molecule has 0 spiro atoms. The van der Waals surface area contributed by atoms with Gasteiger partial charge in [-0.25, -0.2) is 0 Å². The molecule has 2 atom stereocenters. The third kappa shape index (κ3) is 3.04. The van der Waals surface area contributed by atoms with Gasteiger partial charge in [-0.05, 0) is 44.8 Å². The molecule has 0 aromatic rings. The molecule has 18 heavy (non-hydrogen) atoms. The summed E-state index contributed by atoms with van der Waals surface area (Å²) in [4.78, 5) is 16.7. The predicted octanol–water partition coefficient (Wildman–Crippen LogP) is 1.13. The Morgan fingerprint density at radius 2 is 2.06 bits per heavy atom. The summed E-state index contributed by atoms with van der Waals surface area (Å²) in [6.07, 6.45) is 3.52. The van der Waals surface area contributed by atoms with Crippen LogP contribution in [0.1, 0.15) is 33.1 Å². The minimum atomic E-state index is 0.0567. The SMILES string of the molecule is CCC(C)C1NCN(CC2CCN(C)CC2)C1=O. The van der Waals surface area contributed by atoms with E-state index in [4.69, 9.17) is 0 Å². The van der Waals surface area contributed by atoms with Crippen molar-refractivity contribution in [2.75, 3.05) is 33.4 Å². The molecular weight excluding hydrogens is 226 g/mol. The Hall–Kier alpha value is -0.610. The second-order valence-corrected chi connectivity index (χ2v) is 6.03. The second kappa shape index (κ2) is 6.02. The molecular formula is C14H27N3O. The number of carbonyl (C=O) groups excluding carboxylic acids is 1. The van der Waals surface area contributed by atoms with Gasteiger partial charge in [-0.3, -0.25) is 10.1 Å². The van der Waals surface area contributed by atoms with Crippen LogP contribution in [0, 0.1) is 11.8 Å². The molecule has 0 bridgehead atoms. The van der Waals surface area contributed by atoms with E-state index < -0.39 is 0 Å². The van der Waals surface area contributed by atoms with E-state index in [9.17, 15) is 4.79 Å². The van der Waals surface area contributed by atoms with Gasteiger partial charge in [0.05, 0.1) is 12.7 Å². The van der Waals surface area contributed by atoms with Crippen molar-refractivity contribution in [3.05, 3.63) is 0 Å². The van der Waals surface area contributed by atoms with E-state index in [1.54, 1.807) is 0 Å². The number of piperidine rings is 1. The van der Waals surface area contributed by atoms with E-state index in [2.05, 4.69) is 31.1 Å². The smallest absolute Gasteiger partial charge is 0.241 e. The molecule has 2 rings (SSSR count). The van der Waals surface area contributed by atoms with Gasteiger partial charge >= 0.3 is 0 Å². The summed E-state index contributed by atoms with van der Waals surface area (Å²) in [5.74, 6) is 1.46. The molecule has 0 aromatic heterocycles. The van der Waals surface area contributed by atoms with Crippen molar-refractivity contribution in [1.29, 1.82) is 0 Å². The molecule has 0 aromatic carbocycles. The maximum Gasteiger partial charge on any atom is 0.241 e. The molecule has 0 aliphatic carbocycles. The van der Waals surface area contributed by atoms with Crippen molar-refractivity contribution in [1.82, 2.24) is 15.1 Å². The molecule has 4 nitrogen and oxygen atoms in total. The monoisotopic (exact) mass is 253 g/mol. The Bertz CT molecular complexity index is 287. The zero-order valence-electron chi connectivity index (χ0n) is 12.0. The van der Waals surface area contributed by atoms with E-state index in [-0.39, 0.29) is 6.04 Å². The number of amides is 1. The molecule has 2 saturated heterocycles.